The predicted molar refractivity (Wildman–Crippen MR) is 58.8 cm³/mol. The molecule has 17 heavy (non-hydrogen) atoms. The van der Waals surface area contributed by atoms with E-state index in [1.54, 1.807) is 12.1 Å². The molecule has 1 aromatic heterocycles. The molecule has 7 heteroatoms. The molecular weight excluding hydrogens is 227 g/mol. The summed E-state index contributed by atoms with van der Waals surface area (Å²) in [6.45, 7) is 0.192. The van der Waals surface area contributed by atoms with E-state index in [1.807, 2.05) is 0 Å². The molecule has 0 aliphatic heterocycles. The maximum Gasteiger partial charge on any atom is 0.330 e. The fraction of sp³-hybridized carbons (Fsp3) is 0.100. The fourth-order valence-corrected chi connectivity index (χ4v) is 1.46. The SMILES string of the molecule is Nc1c([N+](=O)[O-])cnn1Cc1cccc(F)c1. The maximum atomic E-state index is 12.9. The predicted octanol–water partition coefficient (Wildman–Crippen LogP) is 1.56. The summed E-state index contributed by atoms with van der Waals surface area (Å²) >= 11 is 0. The standard InChI is InChI=1S/C10H9FN4O2/c11-8-3-1-2-7(4-8)6-14-10(12)9(5-13-14)15(16)17/h1-5H,6,12H2. The van der Waals surface area contributed by atoms with E-state index in [9.17, 15) is 14.5 Å². The lowest BCUT2D eigenvalue weighted by Gasteiger charge is -2.03. The van der Waals surface area contributed by atoms with Crippen LogP contribution in [0.3, 0.4) is 0 Å². The lowest BCUT2D eigenvalue weighted by Crippen LogP contribution is -2.06. The van der Waals surface area contributed by atoms with Gasteiger partial charge in [-0.2, -0.15) is 5.10 Å². The first kappa shape index (κ1) is 11.1. The van der Waals surface area contributed by atoms with Crippen molar-refractivity contribution in [3.63, 3.8) is 0 Å². The van der Waals surface area contributed by atoms with Crippen LogP contribution in [0.5, 0.6) is 0 Å². The van der Waals surface area contributed by atoms with Gasteiger partial charge in [0.1, 0.15) is 12.0 Å². The van der Waals surface area contributed by atoms with Gasteiger partial charge in [0.15, 0.2) is 0 Å². The fourth-order valence-electron chi connectivity index (χ4n) is 1.46. The molecule has 6 nitrogen and oxygen atoms in total. The van der Waals surface area contributed by atoms with Gasteiger partial charge >= 0.3 is 5.69 Å². The molecule has 0 aliphatic carbocycles. The van der Waals surface area contributed by atoms with Crippen LogP contribution in [-0.4, -0.2) is 14.7 Å². The van der Waals surface area contributed by atoms with Gasteiger partial charge in [-0.15, -0.1) is 0 Å². The molecule has 0 fully saturated rings. The molecule has 88 valence electrons. The van der Waals surface area contributed by atoms with Gasteiger partial charge in [0, 0.05) is 0 Å². The molecule has 0 saturated carbocycles. The van der Waals surface area contributed by atoms with Gasteiger partial charge in [0.05, 0.1) is 11.5 Å². The molecule has 0 aliphatic rings. The number of hydrogen-bond acceptors (Lipinski definition) is 4. The Labute approximate surface area is 95.6 Å². The van der Waals surface area contributed by atoms with E-state index in [-0.39, 0.29) is 23.9 Å². The summed E-state index contributed by atoms with van der Waals surface area (Å²) in [4.78, 5) is 9.95. The highest BCUT2D eigenvalue weighted by molar-refractivity contribution is 5.51. The Morgan fingerprint density at radius 2 is 2.29 bits per heavy atom. The lowest BCUT2D eigenvalue weighted by atomic mass is 10.2. The Balaban J connectivity index is 2.28. The van der Waals surface area contributed by atoms with Gasteiger partial charge in [-0.1, -0.05) is 12.1 Å². The first-order valence-corrected chi connectivity index (χ1v) is 4.78. The minimum Gasteiger partial charge on any atom is -0.378 e. The number of halogens is 1. The Bertz CT molecular complexity index is 567. The first-order chi connectivity index (χ1) is 8.08. The molecule has 1 aromatic carbocycles. The molecule has 2 N–H and O–H groups in total. The highest BCUT2D eigenvalue weighted by Gasteiger charge is 2.17. The lowest BCUT2D eigenvalue weighted by molar-refractivity contribution is -0.384. The summed E-state index contributed by atoms with van der Waals surface area (Å²) in [5.74, 6) is -0.415. The highest BCUT2D eigenvalue weighted by atomic mass is 19.1. The number of hydrogen-bond donors (Lipinski definition) is 1. The zero-order chi connectivity index (χ0) is 12.4. The number of benzene rings is 1. The first-order valence-electron chi connectivity index (χ1n) is 4.78. The zero-order valence-electron chi connectivity index (χ0n) is 8.71. The highest BCUT2D eigenvalue weighted by Crippen LogP contribution is 2.20. The van der Waals surface area contributed by atoms with E-state index in [0.717, 1.165) is 6.20 Å². The molecule has 0 atom stereocenters. The Morgan fingerprint density at radius 3 is 2.88 bits per heavy atom. The van der Waals surface area contributed by atoms with Gasteiger partial charge in [-0.3, -0.25) is 10.1 Å². The van der Waals surface area contributed by atoms with Crippen LogP contribution in [0.1, 0.15) is 5.56 Å². The van der Waals surface area contributed by atoms with Crippen LogP contribution in [0, 0.1) is 15.9 Å². The number of nitrogen functional groups attached to an aromatic ring is 1. The molecule has 0 unspecified atom stereocenters. The third-order valence-corrected chi connectivity index (χ3v) is 2.28. The molecule has 0 radical (unpaired) electrons. The average Bonchev–Trinajstić information content (AvgIpc) is 2.61. The number of anilines is 1. The summed E-state index contributed by atoms with van der Waals surface area (Å²) < 4.78 is 14.2. The van der Waals surface area contributed by atoms with Crippen LogP contribution in [0.4, 0.5) is 15.9 Å². The second-order valence-corrected chi connectivity index (χ2v) is 3.46. The monoisotopic (exact) mass is 236 g/mol. The number of nitro groups is 1. The van der Waals surface area contributed by atoms with Crippen molar-refractivity contribution in [2.45, 2.75) is 6.54 Å². The molecule has 0 amide bonds. The average molecular weight is 236 g/mol. The zero-order valence-corrected chi connectivity index (χ0v) is 8.71. The van der Waals surface area contributed by atoms with Crippen molar-refractivity contribution in [3.8, 4) is 0 Å². The van der Waals surface area contributed by atoms with Crippen LogP contribution in [0.15, 0.2) is 30.5 Å². The van der Waals surface area contributed by atoms with E-state index >= 15 is 0 Å². The second-order valence-electron chi connectivity index (χ2n) is 3.46. The summed E-state index contributed by atoms with van der Waals surface area (Å²) in [5, 5.41) is 14.3. The topological polar surface area (TPSA) is 87.0 Å². The number of nitrogens with two attached hydrogens (primary N) is 1. The Kier molecular flexibility index (Phi) is 2.73. The molecule has 0 bridgehead atoms. The van der Waals surface area contributed by atoms with E-state index in [2.05, 4.69) is 5.10 Å². The van der Waals surface area contributed by atoms with Gasteiger partial charge < -0.3 is 5.73 Å². The van der Waals surface area contributed by atoms with Gasteiger partial charge in [0.2, 0.25) is 5.82 Å². The van der Waals surface area contributed by atoms with Crippen LogP contribution in [0.25, 0.3) is 0 Å². The van der Waals surface area contributed by atoms with E-state index in [1.165, 1.54) is 16.8 Å². The number of aromatic nitrogens is 2. The summed E-state index contributed by atoms with van der Waals surface area (Å²) in [6, 6.07) is 5.89. The van der Waals surface area contributed by atoms with E-state index in [4.69, 9.17) is 5.73 Å². The van der Waals surface area contributed by atoms with Gasteiger partial charge in [-0.05, 0) is 17.7 Å². The van der Waals surface area contributed by atoms with Crippen molar-refractivity contribution in [2.24, 2.45) is 0 Å². The van der Waals surface area contributed by atoms with Crippen LogP contribution >= 0.6 is 0 Å². The molecule has 0 saturated heterocycles. The van der Waals surface area contributed by atoms with Crippen molar-refractivity contribution in [3.05, 3.63) is 52.0 Å². The summed E-state index contributed by atoms with van der Waals surface area (Å²) in [7, 11) is 0. The van der Waals surface area contributed by atoms with Crippen molar-refractivity contribution >= 4 is 11.5 Å². The summed E-state index contributed by atoms with van der Waals surface area (Å²) in [5.41, 5.74) is 5.94. The third kappa shape index (κ3) is 2.22. The normalized spacial score (nSPS) is 10.4. The minimum atomic E-state index is -0.607. The Morgan fingerprint density at radius 1 is 1.53 bits per heavy atom. The summed E-state index contributed by atoms with van der Waals surface area (Å²) in [6.07, 6.45) is 1.08. The Hall–Kier alpha value is -2.44. The smallest absolute Gasteiger partial charge is 0.330 e. The largest absolute Gasteiger partial charge is 0.378 e. The number of rotatable bonds is 3. The maximum absolute atomic E-state index is 12.9. The molecule has 2 rings (SSSR count). The molecular formula is C10H9FN4O2. The van der Waals surface area contributed by atoms with Gasteiger partial charge in [-0.25, -0.2) is 9.07 Å². The van der Waals surface area contributed by atoms with Crippen LogP contribution in [-0.2, 0) is 6.54 Å². The van der Waals surface area contributed by atoms with Gasteiger partial charge in [0.25, 0.3) is 0 Å². The minimum absolute atomic E-state index is 0.0424. The quantitative estimate of drug-likeness (QED) is 0.647. The van der Waals surface area contributed by atoms with E-state index < -0.39 is 4.92 Å². The third-order valence-electron chi connectivity index (χ3n) is 2.28. The van der Waals surface area contributed by atoms with Crippen molar-refractivity contribution in [1.29, 1.82) is 0 Å². The number of nitrogens with zero attached hydrogens (tertiary/aromatic N) is 3. The molecule has 0 spiro atoms. The van der Waals surface area contributed by atoms with Crippen molar-refractivity contribution in [1.82, 2.24) is 9.78 Å². The van der Waals surface area contributed by atoms with E-state index in [0.29, 0.717) is 5.56 Å². The van der Waals surface area contributed by atoms with Crippen molar-refractivity contribution in [2.75, 3.05) is 5.73 Å². The molecule has 1 heterocycles. The van der Waals surface area contributed by atoms with Crippen LogP contribution in [0.2, 0.25) is 0 Å². The second kappa shape index (κ2) is 4.20. The molecule has 2 aromatic rings. The van der Waals surface area contributed by atoms with Crippen molar-refractivity contribution < 1.29 is 9.31 Å². The van der Waals surface area contributed by atoms with Crippen LogP contribution < -0.4 is 5.73 Å².